The van der Waals surface area contributed by atoms with Crippen molar-refractivity contribution in [1.82, 2.24) is 20.2 Å². The lowest BCUT2D eigenvalue weighted by molar-refractivity contribution is 0.325. The van der Waals surface area contributed by atoms with Gasteiger partial charge in [0.1, 0.15) is 0 Å². The van der Waals surface area contributed by atoms with Crippen molar-refractivity contribution in [3.8, 4) is 0 Å². The number of aromatic nitrogens is 4. The molecule has 0 aliphatic rings. The third-order valence-electron chi connectivity index (χ3n) is 3.03. The lowest BCUT2D eigenvalue weighted by atomic mass is 9.84. The quantitative estimate of drug-likeness (QED) is 0.757. The summed E-state index contributed by atoms with van der Waals surface area (Å²) >= 11 is 6.01. The van der Waals surface area contributed by atoms with Gasteiger partial charge in [-0.2, -0.15) is 0 Å². The molecule has 1 aromatic heterocycles. The van der Waals surface area contributed by atoms with Crippen molar-refractivity contribution in [1.29, 1.82) is 0 Å². The minimum Gasteiger partial charge on any atom is -0.352 e. The number of alkyl halides is 1. The molecule has 0 spiro atoms. The molecule has 15 heavy (non-hydrogen) atoms. The Hall–Kier alpha value is -0.840. The van der Waals surface area contributed by atoms with Crippen LogP contribution >= 0.6 is 11.6 Å². The predicted molar refractivity (Wildman–Crippen MR) is 61.0 cm³/mol. The number of anilines is 1. The molecule has 1 rings (SSSR count). The molecular formula is C9H18ClN5. The number of hydrogen-bond donors (Lipinski definition) is 1. The van der Waals surface area contributed by atoms with E-state index in [0.717, 1.165) is 19.4 Å². The maximum Gasteiger partial charge on any atom is 0.242 e. The van der Waals surface area contributed by atoms with Gasteiger partial charge in [0.15, 0.2) is 0 Å². The fourth-order valence-electron chi connectivity index (χ4n) is 1.38. The maximum atomic E-state index is 6.01. The standard InChI is InChI=1S/C9H18ClN5/c1-4-9(5-2,6-10)7-11-8-12-13-14-15(8)3/h4-7H2,1-3H3,(H,11,12,14). The van der Waals surface area contributed by atoms with E-state index in [9.17, 15) is 0 Å². The lowest BCUT2D eigenvalue weighted by Gasteiger charge is -2.29. The fourth-order valence-corrected chi connectivity index (χ4v) is 1.85. The van der Waals surface area contributed by atoms with E-state index < -0.39 is 0 Å². The van der Waals surface area contributed by atoms with Crippen molar-refractivity contribution in [2.45, 2.75) is 26.7 Å². The van der Waals surface area contributed by atoms with Crippen LogP contribution in [0.15, 0.2) is 0 Å². The Morgan fingerprint density at radius 1 is 1.40 bits per heavy atom. The van der Waals surface area contributed by atoms with Gasteiger partial charge in [0.2, 0.25) is 5.95 Å². The number of nitrogens with zero attached hydrogens (tertiary/aromatic N) is 4. The summed E-state index contributed by atoms with van der Waals surface area (Å²) in [6, 6.07) is 0. The lowest BCUT2D eigenvalue weighted by Crippen LogP contribution is -2.31. The second-order valence-electron chi connectivity index (χ2n) is 3.82. The summed E-state index contributed by atoms with van der Waals surface area (Å²) in [5.41, 5.74) is 0.132. The number of rotatable bonds is 6. The highest BCUT2D eigenvalue weighted by Crippen LogP contribution is 2.27. The summed E-state index contributed by atoms with van der Waals surface area (Å²) in [5.74, 6) is 1.34. The van der Waals surface area contributed by atoms with Crippen molar-refractivity contribution in [3.63, 3.8) is 0 Å². The average Bonchev–Trinajstić information content (AvgIpc) is 2.67. The second-order valence-corrected chi connectivity index (χ2v) is 4.09. The zero-order valence-electron chi connectivity index (χ0n) is 9.50. The predicted octanol–water partition coefficient (Wildman–Crippen LogP) is 1.67. The Morgan fingerprint density at radius 3 is 2.47 bits per heavy atom. The highest BCUT2D eigenvalue weighted by Gasteiger charge is 2.25. The first kappa shape index (κ1) is 12.2. The smallest absolute Gasteiger partial charge is 0.242 e. The van der Waals surface area contributed by atoms with Crippen molar-refractivity contribution < 1.29 is 0 Å². The molecule has 0 bridgehead atoms. The highest BCUT2D eigenvalue weighted by atomic mass is 35.5. The molecule has 5 nitrogen and oxygen atoms in total. The van der Waals surface area contributed by atoms with E-state index in [2.05, 4.69) is 34.7 Å². The molecule has 0 unspecified atom stereocenters. The van der Waals surface area contributed by atoms with Crippen LogP contribution in [-0.4, -0.2) is 32.6 Å². The van der Waals surface area contributed by atoms with E-state index in [4.69, 9.17) is 11.6 Å². The molecule has 0 aliphatic heterocycles. The number of hydrogen-bond acceptors (Lipinski definition) is 4. The monoisotopic (exact) mass is 231 g/mol. The molecule has 0 atom stereocenters. The molecule has 0 radical (unpaired) electrons. The van der Waals surface area contributed by atoms with Gasteiger partial charge in [0, 0.05) is 24.9 Å². The van der Waals surface area contributed by atoms with Gasteiger partial charge in [0.05, 0.1) is 0 Å². The van der Waals surface area contributed by atoms with Crippen molar-refractivity contribution in [2.24, 2.45) is 12.5 Å². The summed E-state index contributed by atoms with van der Waals surface area (Å²) in [5, 5.41) is 14.4. The van der Waals surface area contributed by atoms with Crippen LogP contribution in [0.1, 0.15) is 26.7 Å². The van der Waals surface area contributed by atoms with Gasteiger partial charge in [-0.15, -0.1) is 11.6 Å². The van der Waals surface area contributed by atoms with E-state index in [0.29, 0.717) is 11.8 Å². The molecule has 6 heteroatoms. The number of nitrogens with one attached hydrogen (secondary N) is 1. The number of tetrazole rings is 1. The normalized spacial score (nSPS) is 11.7. The average molecular weight is 232 g/mol. The Labute approximate surface area is 95.2 Å². The molecule has 0 aromatic carbocycles. The summed E-state index contributed by atoms with van der Waals surface area (Å²) in [7, 11) is 1.81. The first-order valence-electron chi connectivity index (χ1n) is 5.19. The van der Waals surface area contributed by atoms with Crippen LogP contribution in [0.5, 0.6) is 0 Å². The van der Waals surface area contributed by atoms with Crippen LogP contribution in [0.2, 0.25) is 0 Å². The van der Waals surface area contributed by atoms with Crippen LogP contribution in [0, 0.1) is 5.41 Å². The molecule has 0 saturated carbocycles. The van der Waals surface area contributed by atoms with E-state index in [-0.39, 0.29) is 5.41 Å². The zero-order valence-corrected chi connectivity index (χ0v) is 10.3. The SMILES string of the molecule is CCC(CC)(CCl)CNc1nnnn1C. The molecule has 1 N–H and O–H groups in total. The Kier molecular flexibility index (Phi) is 4.32. The minimum absolute atomic E-state index is 0.132. The van der Waals surface area contributed by atoms with Gasteiger partial charge in [-0.3, -0.25) is 0 Å². The second kappa shape index (κ2) is 5.30. The number of aryl methyl sites for hydroxylation is 1. The van der Waals surface area contributed by atoms with Crippen LogP contribution in [0.3, 0.4) is 0 Å². The van der Waals surface area contributed by atoms with Gasteiger partial charge in [0.25, 0.3) is 0 Å². The van der Waals surface area contributed by atoms with Gasteiger partial charge in [-0.05, 0) is 23.3 Å². The van der Waals surface area contributed by atoms with Crippen molar-refractivity contribution >= 4 is 17.5 Å². The maximum absolute atomic E-state index is 6.01. The largest absolute Gasteiger partial charge is 0.352 e. The molecule has 0 saturated heterocycles. The molecule has 0 aliphatic carbocycles. The third kappa shape index (κ3) is 2.81. The van der Waals surface area contributed by atoms with Crippen LogP contribution in [-0.2, 0) is 7.05 Å². The van der Waals surface area contributed by atoms with E-state index >= 15 is 0 Å². The van der Waals surface area contributed by atoms with Gasteiger partial charge in [-0.1, -0.05) is 18.9 Å². The molecule has 0 amide bonds. The van der Waals surface area contributed by atoms with Gasteiger partial charge >= 0.3 is 0 Å². The molecule has 86 valence electrons. The molecule has 0 fully saturated rings. The highest BCUT2D eigenvalue weighted by molar-refractivity contribution is 6.18. The van der Waals surface area contributed by atoms with E-state index in [1.807, 2.05) is 7.05 Å². The van der Waals surface area contributed by atoms with Crippen LogP contribution in [0.25, 0.3) is 0 Å². The van der Waals surface area contributed by atoms with E-state index in [1.54, 1.807) is 4.68 Å². The Balaban J connectivity index is 2.58. The number of halogens is 1. The van der Waals surface area contributed by atoms with Crippen LogP contribution < -0.4 is 5.32 Å². The summed E-state index contributed by atoms with van der Waals surface area (Å²) in [6.07, 6.45) is 2.09. The summed E-state index contributed by atoms with van der Waals surface area (Å²) in [4.78, 5) is 0. The van der Waals surface area contributed by atoms with Crippen molar-refractivity contribution in [3.05, 3.63) is 0 Å². The Morgan fingerprint density at radius 2 is 2.07 bits per heavy atom. The van der Waals surface area contributed by atoms with Crippen molar-refractivity contribution in [2.75, 3.05) is 17.7 Å². The van der Waals surface area contributed by atoms with Gasteiger partial charge in [-0.25, -0.2) is 4.68 Å². The molecule has 1 heterocycles. The summed E-state index contributed by atoms with van der Waals surface area (Å²) in [6.45, 7) is 5.11. The molecular weight excluding hydrogens is 214 g/mol. The first-order chi connectivity index (χ1) is 7.17. The molecule has 1 aromatic rings. The topological polar surface area (TPSA) is 55.6 Å². The van der Waals surface area contributed by atoms with Gasteiger partial charge < -0.3 is 5.32 Å². The fraction of sp³-hybridized carbons (Fsp3) is 0.889. The third-order valence-corrected chi connectivity index (χ3v) is 3.59. The van der Waals surface area contributed by atoms with E-state index in [1.165, 1.54) is 0 Å². The van der Waals surface area contributed by atoms with Crippen LogP contribution in [0.4, 0.5) is 5.95 Å². The first-order valence-corrected chi connectivity index (χ1v) is 5.73. The Bertz CT molecular complexity index is 286. The summed E-state index contributed by atoms with van der Waals surface area (Å²) < 4.78 is 1.62. The minimum atomic E-state index is 0.132. The zero-order chi connectivity index (χ0) is 11.3.